The van der Waals surface area contributed by atoms with E-state index < -0.39 is 7.60 Å². The van der Waals surface area contributed by atoms with Gasteiger partial charge in [0.25, 0.3) is 0 Å². The topological polar surface area (TPSA) is 61.5 Å². The van der Waals surface area contributed by atoms with Crippen molar-refractivity contribution >= 4 is 7.60 Å². The highest BCUT2D eigenvalue weighted by molar-refractivity contribution is 7.53. The molecular weight excluding hydrogens is 141 g/mol. The van der Waals surface area contributed by atoms with Crippen molar-refractivity contribution in [3.05, 3.63) is 0 Å². The average molecular weight is 153 g/mol. The molecule has 5 heteroatoms. The molecule has 2 N–H and O–H groups in total. The lowest BCUT2D eigenvalue weighted by molar-refractivity contribution is 0.239. The normalized spacial score (nSPS) is 17.2. The molecule has 0 amide bonds. The van der Waals surface area contributed by atoms with Crippen LogP contribution in [0.5, 0.6) is 0 Å². The minimum absolute atomic E-state index is 0.375. The first-order valence-corrected chi connectivity index (χ1v) is 4.44. The number of rotatable bonds is 4. The lowest BCUT2D eigenvalue weighted by atomic mass is 10.6. The molecule has 0 aliphatic rings. The second-order valence-electron chi connectivity index (χ2n) is 1.62. The Morgan fingerprint density at radius 1 is 1.67 bits per heavy atom. The molecule has 1 atom stereocenters. The van der Waals surface area contributed by atoms with E-state index in [-0.39, 0.29) is 0 Å². The molecular formula is C4H12NO3P. The Hall–Kier alpha value is 0.110. The van der Waals surface area contributed by atoms with Crippen LogP contribution in [0.3, 0.4) is 0 Å². The van der Waals surface area contributed by atoms with Crippen LogP contribution in [0.1, 0.15) is 13.3 Å². The molecule has 0 bridgehead atoms. The maximum Gasteiger partial charge on any atom is 0.346 e. The van der Waals surface area contributed by atoms with Gasteiger partial charge in [0.15, 0.2) is 0 Å². The van der Waals surface area contributed by atoms with Gasteiger partial charge in [0.05, 0.1) is 6.16 Å². The van der Waals surface area contributed by atoms with Gasteiger partial charge in [0.1, 0.15) is 0 Å². The molecule has 9 heavy (non-hydrogen) atoms. The Labute approximate surface area is 54.8 Å². The molecule has 0 saturated heterocycles. The quantitative estimate of drug-likeness (QED) is 0.485. The summed E-state index contributed by atoms with van der Waals surface area (Å²) in [7, 11) is -1.58. The van der Waals surface area contributed by atoms with Crippen molar-refractivity contribution < 1.29 is 13.7 Å². The highest BCUT2D eigenvalue weighted by Crippen LogP contribution is 2.45. The van der Waals surface area contributed by atoms with Crippen LogP contribution in [-0.2, 0) is 13.7 Å². The minimum Gasteiger partial charge on any atom is -0.311 e. The first kappa shape index (κ1) is 9.11. The van der Waals surface area contributed by atoms with Crippen LogP contribution < -0.4 is 5.90 Å². The van der Waals surface area contributed by atoms with E-state index in [0.717, 1.165) is 6.42 Å². The van der Waals surface area contributed by atoms with Gasteiger partial charge in [0.2, 0.25) is 0 Å². The Bertz CT molecular complexity index is 108. The van der Waals surface area contributed by atoms with E-state index in [1.165, 1.54) is 7.11 Å². The third-order valence-corrected chi connectivity index (χ3v) is 2.81. The van der Waals surface area contributed by atoms with E-state index in [0.29, 0.717) is 6.16 Å². The van der Waals surface area contributed by atoms with E-state index in [1.54, 1.807) is 0 Å². The van der Waals surface area contributed by atoms with Crippen LogP contribution in [0.25, 0.3) is 0 Å². The highest BCUT2D eigenvalue weighted by atomic mass is 31.2. The molecule has 56 valence electrons. The van der Waals surface area contributed by atoms with Gasteiger partial charge in [-0.15, -0.1) is 0 Å². The van der Waals surface area contributed by atoms with Crippen LogP contribution in [0.2, 0.25) is 0 Å². The van der Waals surface area contributed by atoms with Crippen molar-refractivity contribution in [1.29, 1.82) is 0 Å². The van der Waals surface area contributed by atoms with E-state index >= 15 is 0 Å². The summed E-state index contributed by atoms with van der Waals surface area (Å²) in [4.78, 5) is 0. The van der Waals surface area contributed by atoms with Crippen molar-refractivity contribution in [2.45, 2.75) is 13.3 Å². The van der Waals surface area contributed by atoms with Gasteiger partial charge in [-0.3, -0.25) is 4.57 Å². The molecule has 0 aliphatic carbocycles. The van der Waals surface area contributed by atoms with Crippen LogP contribution in [0, 0.1) is 0 Å². The standard InChI is InChI=1S/C4H12NO3P/c1-3-4-9(6,7-2)8-5/h3-5H2,1-2H3. The van der Waals surface area contributed by atoms with Crippen molar-refractivity contribution in [2.24, 2.45) is 5.90 Å². The predicted molar refractivity (Wildman–Crippen MR) is 35.0 cm³/mol. The Kier molecular flexibility index (Phi) is 4.06. The summed E-state index contributed by atoms with van der Waals surface area (Å²) >= 11 is 0. The summed E-state index contributed by atoms with van der Waals surface area (Å²) in [5.41, 5.74) is 0. The van der Waals surface area contributed by atoms with Gasteiger partial charge in [-0.1, -0.05) is 6.92 Å². The summed E-state index contributed by atoms with van der Waals surface area (Å²) in [5, 5.41) is 0. The smallest absolute Gasteiger partial charge is 0.311 e. The van der Waals surface area contributed by atoms with Gasteiger partial charge in [-0.05, 0) is 6.42 Å². The first-order valence-electron chi connectivity index (χ1n) is 2.72. The van der Waals surface area contributed by atoms with Gasteiger partial charge in [-0.2, -0.15) is 0 Å². The molecule has 0 aliphatic heterocycles. The molecule has 0 spiro atoms. The van der Waals surface area contributed by atoms with Crippen LogP contribution >= 0.6 is 7.60 Å². The summed E-state index contributed by atoms with van der Waals surface area (Å²) in [6.45, 7) is 1.88. The number of nitrogens with two attached hydrogens (primary N) is 1. The van der Waals surface area contributed by atoms with Gasteiger partial charge in [-0.25, -0.2) is 10.5 Å². The van der Waals surface area contributed by atoms with Crippen LogP contribution in [0.15, 0.2) is 0 Å². The average Bonchev–Trinajstić information content (AvgIpc) is 1.89. The highest BCUT2D eigenvalue weighted by Gasteiger charge is 2.19. The van der Waals surface area contributed by atoms with Crippen molar-refractivity contribution in [2.75, 3.05) is 13.3 Å². The summed E-state index contributed by atoms with van der Waals surface area (Å²) < 4.78 is 19.7. The summed E-state index contributed by atoms with van der Waals surface area (Å²) in [6.07, 6.45) is 1.11. The third kappa shape index (κ3) is 2.96. The molecule has 0 aromatic heterocycles. The number of hydrogen-bond donors (Lipinski definition) is 1. The second-order valence-corrected chi connectivity index (χ2v) is 3.87. The molecule has 1 unspecified atom stereocenters. The van der Waals surface area contributed by atoms with Crippen LogP contribution in [-0.4, -0.2) is 13.3 Å². The van der Waals surface area contributed by atoms with Crippen molar-refractivity contribution in [3.63, 3.8) is 0 Å². The monoisotopic (exact) mass is 153 g/mol. The zero-order valence-corrected chi connectivity index (χ0v) is 6.56. The molecule has 0 fully saturated rings. The van der Waals surface area contributed by atoms with Gasteiger partial charge < -0.3 is 4.52 Å². The summed E-state index contributed by atoms with van der Waals surface area (Å²) in [5.74, 6) is 4.72. The molecule has 4 nitrogen and oxygen atoms in total. The zero-order chi connectivity index (χ0) is 7.33. The maximum absolute atomic E-state index is 11.0. The Morgan fingerprint density at radius 2 is 2.22 bits per heavy atom. The fourth-order valence-corrected chi connectivity index (χ4v) is 1.38. The maximum atomic E-state index is 11.0. The molecule has 0 saturated carbocycles. The van der Waals surface area contributed by atoms with Crippen LogP contribution in [0.4, 0.5) is 0 Å². The fraction of sp³-hybridized carbons (Fsp3) is 1.00. The van der Waals surface area contributed by atoms with Crippen molar-refractivity contribution in [1.82, 2.24) is 0 Å². The van der Waals surface area contributed by atoms with Gasteiger partial charge in [0, 0.05) is 7.11 Å². The molecule has 0 heterocycles. The lowest BCUT2D eigenvalue weighted by Gasteiger charge is -2.09. The van der Waals surface area contributed by atoms with Gasteiger partial charge >= 0.3 is 7.60 Å². The molecule has 0 radical (unpaired) electrons. The zero-order valence-electron chi connectivity index (χ0n) is 5.66. The molecule has 0 rings (SSSR count). The first-order chi connectivity index (χ1) is 4.18. The molecule has 0 aromatic rings. The Morgan fingerprint density at radius 3 is 2.33 bits per heavy atom. The number of hydrogen-bond acceptors (Lipinski definition) is 4. The van der Waals surface area contributed by atoms with E-state index in [4.69, 9.17) is 5.90 Å². The molecule has 0 aromatic carbocycles. The SMILES string of the molecule is CCCP(=O)(OC)ON. The fourth-order valence-electron chi connectivity index (χ4n) is 0.461. The predicted octanol–water partition coefficient (Wildman–Crippen LogP) is 1.13. The van der Waals surface area contributed by atoms with E-state index in [2.05, 4.69) is 9.15 Å². The largest absolute Gasteiger partial charge is 0.346 e. The third-order valence-electron chi connectivity index (χ3n) is 0.936. The minimum atomic E-state index is -2.90. The lowest BCUT2D eigenvalue weighted by Crippen LogP contribution is -2.01. The second kappa shape index (κ2) is 4.01. The summed E-state index contributed by atoms with van der Waals surface area (Å²) in [6, 6.07) is 0. The van der Waals surface area contributed by atoms with Crippen molar-refractivity contribution in [3.8, 4) is 0 Å². The van der Waals surface area contributed by atoms with E-state index in [9.17, 15) is 4.57 Å². The Balaban J connectivity index is 3.78. The van der Waals surface area contributed by atoms with E-state index in [1.807, 2.05) is 6.92 Å².